The highest BCUT2D eigenvalue weighted by Crippen LogP contribution is 2.46. The minimum absolute atomic E-state index is 0.112. The van der Waals surface area contributed by atoms with Crippen LogP contribution < -0.4 is 0 Å². The van der Waals surface area contributed by atoms with E-state index in [-0.39, 0.29) is 5.75 Å². The molecule has 1 aromatic carbocycles. The third-order valence-corrected chi connectivity index (χ3v) is 2.94. The van der Waals surface area contributed by atoms with Crippen molar-refractivity contribution in [2.45, 2.75) is 0 Å². The number of aromatic nitrogens is 1. The van der Waals surface area contributed by atoms with E-state index in [9.17, 15) is 9.90 Å². The molecule has 0 fully saturated rings. The van der Waals surface area contributed by atoms with Crippen molar-refractivity contribution in [3.63, 3.8) is 0 Å². The number of benzene rings is 1. The lowest BCUT2D eigenvalue weighted by molar-refractivity contribution is -0.131. The molecule has 1 aromatic heterocycles. The number of fused-ring (bicyclic) bond motifs is 3. The summed E-state index contributed by atoms with van der Waals surface area (Å²) in [4.78, 5) is 15.1. The molecule has 0 aliphatic heterocycles. The van der Waals surface area contributed by atoms with Crippen LogP contribution in [0.2, 0.25) is 0 Å². The van der Waals surface area contributed by atoms with Gasteiger partial charge < -0.3 is 10.2 Å². The number of nitrogens with zero attached hydrogens (tertiary/aromatic N) is 1. The largest absolute Gasteiger partial charge is 0.507 e. The average molecular weight is 239 g/mol. The van der Waals surface area contributed by atoms with Crippen molar-refractivity contribution in [3.05, 3.63) is 53.7 Å². The summed E-state index contributed by atoms with van der Waals surface area (Å²) in [5.74, 6) is -0.905. The average Bonchev–Trinajstić information content (AvgIpc) is 2.65. The zero-order valence-corrected chi connectivity index (χ0v) is 9.29. The van der Waals surface area contributed by atoms with Gasteiger partial charge in [-0.25, -0.2) is 4.79 Å². The highest BCUT2D eigenvalue weighted by atomic mass is 16.4. The summed E-state index contributed by atoms with van der Waals surface area (Å²) in [6, 6.07) is 8.59. The Morgan fingerprint density at radius 1 is 1.17 bits per heavy atom. The van der Waals surface area contributed by atoms with Gasteiger partial charge in [-0.15, -0.1) is 0 Å². The smallest absolute Gasteiger partial charge is 0.328 e. The van der Waals surface area contributed by atoms with Crippen molar-refractivity contribution in [2.75, 3.05) is 0 Å². The minimum atomic E-state index is -1.02. The van der Waals surface area contributed by atoms with Gasteiger partial charge in [0.05, 0.1) is 11.3 Å². The molecule has 0 bridgehead atoms. The van der Waals surface area contributed by atoms with Crippen molar-refractivity contribution in [1.29, 1.82) is 0 Å². The number of phenols is 1. The number of carboxylic acid groups (broad SMARTS) is 1. The van der Waals surface area contributed by atoms with Crippen LogP contribution in [0.15, 0.2) is 42.6 Å². The first-order valence-corrected chi connectivity index (χ1v) is 5.41. The van der Waals surface area contributed by atoms with E-state index in [1.165, 1.54) is 0 Å². The van der Waals surface area contributed by atoms with Gasteiger partial charge in [0.1, 0.15) is 5.75 Å². The summed E-state index contributed by atoms with van der Waals surface area (Å²) in [5, 5.41) is 18.9. The topological polar surface area (TPSA) is 70.4 Å². The molecule has 4 nitrogen and oxygen atoms in total. The molecule has 0 saturated heterocycles. The summed E-state index contributed by atoms with van der Waals surface area (Å²) in [6.07, 6.45) is 2.77. The van der Waals surface area contributed by atoms with E-state index >= 15 is 0 Å². The van der Waals surface area contributed by atoms with Crippen LogP contribution in [0.3, 0.4) is 0 Å². The van der Waals surface area contributed by atoms with Crippen LogP contribution in [0.25, 0.3) is 16.8 Å². The van der Waals surface area contributed by atoms with Gasteiger partial charge in [0.2, 0.25) is 0 Å². The number of carbonyl (C=O) groups is 1. The maximum absolute atomic E-state index is 10.9. The van der Waals surface area contributed by atoms with E-state index in [1.807, 2.05) is 0 Å². The summed E-state index contributed by atoms with van der Waals surface area (Å²) in [7, 11) is 0. The van der Waals surface area contributed by atoms with Crippen LogP contribution in [0.5, 0.6) is 5.75 Å². The molecule has 0 spiro atoms. The zero-order valence-electron chi connectivity index (χ0n) is 9.29. The maximum Gasteiger partial charge on any atom is 0.328 e. The van der Waals surface area contributed by atoms with E-state index < -0.39 is 5.97 Å². The lowest BCUT2D eigenvalue weighted by Gasteiger charge is -2.01. The molecular weight excluding hydrogens is 230 g/mol. The molecule has 18 heavy (non-hydrogen) atoms. The van der Waals surface area contributed by atoms with Crippen molar-refractivity contribution >= 4 is 11.5 Å². The van der Waals surface area contributed by atoms with Gasteiger partial charge in [-0.05, 0) is 23.3 Å². The Kier molecular flexibility index (Phi) is 2.16. The predicted octanol–water partition coefficient (Wildman–Crippen LogP) is 2.28. The van der Waals surface area contributed by atoms with Gasteiger partial charge in [0.15, 0.2) is 0 Å². The van der Waals surface area contributed by atoms with Crippen LogP contribution in [0.1, 0.15) is 11.1 Å². The third kappa shape index (κ3) is 1.39. The van der Waals surface area contributed by atoms with E-state index in [0.29, 0.717) is 22.4 Å². The summed E-state index contributed by atoms with van der Waals surface area (Å²) < 4.78 is 0. The Hall–Kier alpha value is -2.62. The number of rotatable bonds is 1. The fraction of sp³-hybridized carbons (Fsp3) is 0. The Labute approximate surface area is 103 Å². The molecule has 0 amide bonds. The van der Waals surface area contributed by atoms with Crippen LogP contribution in [0.4, 0.5) is 0 Å². The summed E-state index contributed by atoms with van der Waals surface area (Å²) >= 11 is 0. The normalized spacial score (nSPS) is 14.3. The van der Waals surface area contributed by atoms with Crippen molar-refractivity contribution < 1.29 is 15.0 Å². The van der Waals surface area contributed by atoms with E-state index in [4.69, 9.17) is 5.11 Å². The molecule has 0 atom stereocenters. The highest BCUT2D eigenvalue weighted by Gasteiger charge is 2.27. The molecule has 3 rings (SSSR count). The van der Waals surface area contributed by atoms with Gasteiger partial charge in [0, 0.05) is 17.8 Å². The van der Waals surface area contributed by atoms with Crippen LogP contribution in [0, 0.1) is 0 Å². The highest BCUT2D eigenvalue weighted by molar-refractivity contribution is 6.06. The molecular formula is C14H9NO3. The fourth-order valence-corrected chi connectivity index (χ4v) is 2.26. The van der Waals surface area contributed by atoms with Gasteiger partial charge in [-0.2, -0.15) is 0 Å². The first-order chi connectivity index (χ1) is 8.68. The van der Waals surface area contributed by atoms with Gasteiger partial charge in [-0.3, -0.25) is 4.98 Å². The number of hydrogen-bond acceptors (Lipinski definition) is 3. The first kappa shape index (κ1) is 10.5. The van der Waals surface area contributed by atoms with Crippen molar-refractivity contribution in [2.24, 2.45) is 0 Å². The second-order valence-electron chi connectivity index (χ2n) is 4.00. The summed E-state index contributed by atoms with van der Waals surface area (Å²) in [5.41, 5.74) is 3.23. The lowest BCUT2D eigenvalue weighted by atomic mass is 10.0. The minimum Gasteiger partial charge on any atom is -0.507 e. The number of aliphatic carboxylic acids is 1. The lowest BCUT2D eigenvalue weighted by Crippen LogP contribution is -1.91. The second kappa shape index (κ2) is 3.70. The third-order valence-electron chi connectivity index (χ3n) is 2.94. The predicted molar refractivity (Wildman–Crippen MR) is 66.1 cm³/mol. The molecule has 88 valence electrons. The molecule has 1 heterocycles. The number of aromatic hydroxyl groups is 1. The quantitative estimate of drug-likeness (QED) is 0.639. The number of hydrogen-bond donors (Lipinski definition) is 2. The molecule has 1 aliphatic rings. The Bertz CT molecular complexity index is 689. The second-order valence-corrected chi connectivity index (χ2v) is 4.00. The Balaban J connectivity index is 2.39. The number of phenolic OH excluding ortho intramolecular Hbond substituents is 1. The van der Waals surface area contributed by atoms with Crippen LogP contribution in [-0.4, -0.2) is 21.2 Å². The molecule has 0 unspecified atom stereocenters. The van der Waals surface area contributed by atoms with Gasteiger partial charge in [0.25, 0.3) is 0 Å². The van der Waals surface area contributed by atoms with Crippen molar-refractivity contribution in [3.8, 4) is 17.0 Å². The van der Waals surface area contributed by atoms with Crippen LogP contribution >= 0.6 is 0 Å². The zero-order chi connectivity index (χ0) is 12.7. The van der Waals surface area contributed by atoms with Gasteiger partial charge >= 0.3 is 5.97 Å². The van der Waals surface area contributed by atoms with Crippen LogP contribution in [-0.2, 0) is 4.79 Å². The number of pyridine rings is 1. The Morgan fingerprint density at radius 3 is 2.72 bits per heavy atom. The fourth-order valence-electron chi connectivity index (χ4n) is 2.26. The van der Waals surface area contributed by atoms with E-state index in [1.54, 1.807) is 36.5 Å². The maximum atomic E-state index is 10.9. The summed E-state index contributed by atoms with van der Waals surface area (Å²) in [6.45, 7) is 0. The molecule has 1 aliphatic carbocycles. The molecule has 0 radical (unpaired) electrons. The molecule has 2 N–H and O–H groups in total. The first-order valence-electron chi connectivity index (χ1n) is 5.41. The molecule has 4 heteroatoms. The SMILES string of the molecule is O=C(O)/C=C1\c2cccnc2-c2c(O)cccc21. The molecule has 0 saturated carbocycles. The standard InChI is InChI=1S/C14H9NO3/c16-11-5-1-3-8-10(7-12(17)18)9-4-2-6-15-14(9)13(8)11/h1-7,16H,(H,17,18)/b10-7-. The van der Waals surface area contributed by atoms with E-state index in [2.05, 4.69) is 4.98 Å². The number of carboxylic acids is 1. The van der Waals surface area contributed by atoms with Crippen molar-refractivity contribution in [1.82, 2.24) is 4.98 Å². The molecule has 2 aromatic rings. The van der Waals surface area contributed by atoms with Gasteiger partial charge in [-0.1, -0.05) is 18.2 Å². The van der Waals surface area contributed by atoms with E-state index in [0.717, 1.165) is 11.6 Å². The Morgan fingerprint density at radius 2 is 1.94 bits per heavy atom. The monoisotopic (exact) mass is 239 g/mol.